The fourth-order valence-electron chi connectivity index (χ4n) is 2.15. The second-order valence-electron chi connectivity index (χ2n) is 5.20. The Morgan fingerprint density at radius 2 is 1.88 bits per heavy atom. The van der Waals surface area contributed by atoms with Gasteiger partial charge in [0.1, 0.15) is 0 Å². The maximum Gasteiger partial charge on any atom is 0.234 e. The zero-order valence-corrected chi connectivity index (χ0v) is 14.4. The first kappa shape index (κ1) is 16.6. The number of aromatic nitrogens is 2. The van der Waals surface area contributed by atoms with Gasteiger partial charge in [-0.3, -0.25) is 9.48 Å². The Labute approximate surface area is 149 Å². The molecule has 2 aromatic carbocycles. The summed E-state index contributed by atoms with van der Waals surface area (Å²) in [6.45, 7) is 0.631. The van der Waals surface area contributed by atoms with Crippen molar-refractivity contribution in [3.63, 3.8) is 0 Å². The van der Waals surface area contributed by atoms with Crippen LogP contribution in [0, 0.1) is 0 Å². The van der Waals surface area contributed by atoms with Crippen molar-refractivity contribution < 1.29 is 4.79 Å². The van der Waals surface area contributed by atoms with E-state index in [2.05, 4.69) is 10.4 Å². The molecule has 6 heteroatoms. The van der Waals surface area contributed by atoms with Crippen LogP contribution in [0.2, 0.25) is 5.02 Å². The predicted octanol–water partition coefficient (Wildman–Crippen LogP) is 4.32. The normalized spacial score (nSPS) is 10.5. The van der Waals surface area contributed by atoms with Crippen LogP contribution >= 0.6 is 23.4 Å². The minimum atomic E-state index is -0.0464. The van der Waals surface area contributed by atoms with Gasteiger partial charge in [0, 0.05) is 16.1 Å². The van der Waals surface area contributed by atoms with Crippen LogP contribution in [-0.4, -0.2) is 21.4 Å². The van der Waals surface area contributed by atoms with Crippen LogP contribution in [0.5, 0.6) is 0 Å². The van der Waals surface area contributed by atoms with Crippen molar-refractivity contribution in [1.82, 2.24) is 9.78 Å². The number of amides is 1. The molecule has 0 saturated heterocycles. The molecule has 3 aromatic rings. The zero-order chi connectivity index (χ0) is 16.8. The van der Waals surface area contributed by atoms with Gasteiger partial charge in [0.25, 0.3) is 0 Å². The lowest BCUT2D eigenvalue weighted by Gasteiger charge is -2.03. The molecule has 0 fully saturated rings. The van der Waals surface area contributed by atoms with E-state index in [1.165, 1.54) is 11.8 Å². The highest BCUT2D eigenvalue weighted by Gasteiger charge is 2.06. The number of nitrogens with zero attached hydrogens (tertiary/aromatic N) is 2. The van der Waals surface area contributed by atoms with E-state index in [0.29, 0.717) is 23.0 Å². The van der Waals surface area contributed by atoms with E-state index in [-0.39, 0.29) is 5.91 Å². The van der Waals surface area contributed by atoms with Crippen molar-refractivity contribution in [3.8, 4) is 0 Å². The summed E-state index contributed by atoms with van der Waals surface area (Å²) in [7, 11) is 0. The molecule has 24 heavy (non-hydrogen) atoms. The van der Waals surface area contributed by atoms with Gasteiger partial charge in [0.05, 0.1) is 24.2 Å². The number of rotatable bonds is 6. The Hall–Kier alpha value is -2.24. The van der Waals surface area contributed by atoms with Gasteiger partial charge in [-0.2, -0.15) is 5.10 Å². The standard InChI is InChI=1S/C18H16ClN3OS/c19-15-8-6-14(7-9-15)11-22-12-16(10-20-22)21-18(23)13-24-17-4-2-1-3-5-17/h1-10,12H,11,13H2,(H,21,23). The molecule has 0 bridgehead atoms. The number of benzene rings is 2. The summed E-state index contributed by atoms with van der Waals surface area (Å²) in [4.78, 5) is 13.1. The molecule has 0 aliphatic carbocycles. The minimum Gasteiger partial charge on any atom is -0.323 e. The Balaban J connectivity index is 1.51. The first-order chi connectivity index (χ1) is 11.7. The quantitative estimate of drug-likeness (QED) is 0.668. The van der Waals surface area contributed by atoms with E-state index in [1.807, 2.05) is 60.8 Å². The molecule has 1 N–H and O–H groups in total. The van der Waals surface area contributed by atoms with Crippen LogP contribution in [0.1, 0.15) is 5.56 Å². The lowest BCUT2D eigenvalue weighted by molar-refractivity contribution is -0.113. The van der Waals surface area contributed by atoms with E-state index in [0.717, 1.165) is 10.5 Å². The third kappa shape index (κ3) is 4.88. The zero-order valence-electron chi connectivity index (χ0n) is 12.9. The van der Waals surface area contributed by atoms with Gasteiger partial charge < -0.3 is 5.32 Å². The van der Waals surface area contributed by atoms with Crippen molar-refractivity contribution in [2.45, 2.75) is 11.4 Å². The molecule has 0 aliphatic heterocycles. The highest BCUT2D eigenvalue weighted by atomic mass is 35.5. The minimum absolute atomic E-state index is 0.0464. The topological polar surface area (TPSA) is 46.9 Å². The molecular weight excluding hydrogens is 342 g/mol. The first-order valence-electron chi connectivity index (χ1n) is 7.44. The first-order valence-corrected chi connectivity index (χ1v) is 8.80. The second-order valence-corrected chi connectivity index (χ2v) is 6.69. The molecule has 0 saturated carbocycles. The Morgan fingerprint density at radius 3 is 2.62 bits per heavy atom. The number of thioether (sulfide) groups is 1. The van der Waals surface area contributed by atoms with E-state index >= 15 is 0 Å². The molecule has 0 spiro atoms. The molecule has 122 valence electrons. The molecule has 0 radical (unpaired) electrons. The fourth-order valence-corrected chi connectivity index (χ4v) is 3.00. The average molecular weight is 358 g/mol. The summed E-state index contributed by atoms with van der Waals surface area (Å²) in [6.07, 6.45) is 3.47. The van der Waals surface area contributed by atoms with E-state index in [9.17, 15) is 4.79 Å². The van der Waals surface area contributed by atoms with Crippen molar-refractivity contribution in [2.75, 3.05) is 11.1 Å². The number of carbonyl (C=O) groups excluding carboxylic acids is 1. The molecule has 1 amide bonds. The van der Waals surface area contributed by atoms with Gasteiger partial charge in [0.2, 0.25) is 5.91 Å². The van der Waals surface area contributed by atoms with Crippen molar-refractivity contribution in [1.29, 1.82) is 0 Å². The summed E-state index contributed by atoms with van der Waals surface area (Å²) in [6, 6.07) is 17.5. The molecule has 3 rings (SSSR count). The molecule has 0 atom stereocenters. The molecular formula is C18H16ClN3OS. The Bertz CT molecular complexity index is 803. The summed E-state index contributed by atoms with van der Waals surface area (Å²) < 4.78 is 1.78. The smallest absolute Gasteiger partial charge is 0.234 e. The maximum absolute atomic E-state index is 12.0. The Kier molecular flexibility index (Phi) is 5.56. The SMILES string of the molecule is O=C(CSc1ccccc1)Nc1cnn(Cc2ccc(Cl)cc2)c1. The van der Waals surface area contributed by atoms with Crippen LogP contribution < -0.4 is 5.32 Å². The van der Waals surface area contributed by atoms with Gasteiger partial charge in [-0.05, 0) is 29.8 Å². The number of hydrogen-bond donors (Lipinski definition) is 1. The molecule has 4 nitrogen and oxygen atoms in total. The summed E-state index contributed by atoms with van der Waals surface area (Å²) >= 11 is 7.38. The lowest BCUT2D eigenvalue weighted by Crippen LogP contribution is -2.13. The van der Waals surface area contributed by atoms with Gasteiger partial charge in [-0.25, -0.2) is 0 Å². The van der Waals surface area contributed by atoms with Crippen LogP contribution in [0.3, 0.4) is 0 Å². The van der Waals surface area contributed by atoms with Gasteiger partial charge in [0.15, 0.2) is 0 Å². The number of carbonyl (C=O) groups is 1. The van der Waals surface area contributed by atoms with E-state index in [1.54, 1.807) is 10.9 Å². The third-order valence-electron chi connectivity index (χ3n) is 3.29. The number of anilines is 1. The lowest BCUT2D eigenvalue weighted by atomic mass is 10.2. The van der Waals surface area contributed by atoms with Gasteiger partial charge in [-0.1, -0.05) is 41.9 Å². The van der Waals surface area contributed by atoms with Crippen molar-refractivity contribution in [3.05, 3.63) is 77.6 Å². The van der Waals surface area contributed by atoms with Crippen LogP contribution in [-0.2, 0) is 11.3 Å². The summed E-state index contributed by atoms with van der Waals surface area (Å²) in [5.41, 5.74) is 1.79. The van der Waals surface area contributed by atoms with Crippen molar-refractivity contribution >= 4 is 35.0 Å². The van der Waals surface area contributed by atoms with Crippen LogP contribution in [0.4, 0.5) is 5.69 Å². The van der Waals surface area contributed by atoms with Crippen molar-refractivity contribution in [2.24, 2.45) is 0 Å². The predicted molar refractivity (Wildman–Crippen MR) is 98.6 cm³/mol. The number of nitrogens with one attached hydrogen (secondary N) is 1. The van der Waals surface area contributed by atoms with E-state index < -0.39 is 0 Å². The molecule has 0 aliphatic rings. The number of hydrogen-bond acceptors (Lipinski definition) is 3. The van der Waals surface area contributed by atoms with Crippen LogP contribution in [0.15, 0.2) is 71.9 Å². The summed E-state index contributed by atoms with van der Waals surface area (Å²) in [5, 5.41) is 7.84. The highest BCUT2D eigenvalue weighted by Crippen LogP contribution is 2.17. The largest absolute Gasteiger partial charge is 0.323 e. The van der Waals surface area contributed by atoms with Gasteiger partial charge in [-0.15, -0.1) is 11.8 Å². The fraction of sp³-hybridized carbons (Fsp3) is 0.111. The average Bonchev–Trinajstić information content (AvgIpc) is 3.03. The summed E-state index contributed by atoms with van der Waals surface area (Å²) in [5.74, 6) is 0.321. The van der Waals surface area contributed by atoms with Crippen LogP contribution in [0.25, 0.3) is 0 Å². The highest BCUT2D eigenvalue weighted by molar-refractivity contribution is 8.00. The van der Waals surface area contributed by atoms with E-state index in [4.69, 9.17) is 11.6 Å². The third-order valence-corrected chi connectivity index (χ3v) is 4.55. The van der Waals surface area contributed by atoms with Gasteiger partial charge >= 0.3 is 0 Å². The second kappa shape index (κ2) is 8.04. The molecule has 1 aromatic heterocycles. The molecule has 1 heterocycles. The number of halogens is 1. The maximum atomic E-state index is 12.0. The molecule has 0 unspecified atom stereocenters. The Morgan fingerprint density at radius 1 is 1.12 bits per heavy atom. The monoisotopic (exact) mass is 357 g/mol.